The van der Waals surface area contributed by atoms with Crippen molar-refractivity contribution in [1.29, 1.82) is 5.26 Å². The number of nitriles is 1. The van der Waals surface area contributed by atoms with Crippen LogP contribution in [0, 0.1) is 11.3 Å². The molecule has 0 bridgehead atoms. The lowest BCUT2D eigenvalue weighted by molar-refractivity contribution is -0.132. The fourth-order valence-electron chi connectivity index (χ4n) is 1.40. The summed E-state index contributed by atoms with van der Waals surface area (Å²) in [4.78, 5) is 13.4. The number of rotatable bonds is 6. The summed E-state index contributed by atoms with van der Waals surface area (Å²) in [5.41, 5.74) is 0. The molecule has 78 valence electrons. The third kappa shape index (κ3) is 3.35. The summed E-state index contributed by atoms with van der Waals surface area (Å²) in [6.45, 7) is 1.04. The van der Waals surface area contributed by atoms with Gasteiger partial charge in [0.05, 0.1) is 25.5 Å². The molecule has 0 saturated heterocycles. The van der Waals surface area contributed by atoms with Gasteiger partial charge in [-0.2, -0.15) is 5.26 Å². The molecular weight excluding hydrogens is 180 g/mol. The average molecular weight is 196 g/mol. The van der Waals surface area contributed by atoms with Gasteiger partial charge in [-0.1, -0.05) is 0 Å². The number of hydrogen-bond donors (Lipinski definition) is 0. The second kappa shape index (κ2) is 5.61. The Hall–Kier alpha value is -1.08. The van der Waals surface area contributed by atoms with Crippen LogP contribution in [0.4, 0.5) is 0 Å². The summed E-state index contributed by atoms with van der Waals surface area (Å²) in [5, 5.41) is 8.46. The van der Waals surface area contributed by atoms with Crippen molar-refractivity contribution in [2.75, 3.05) is 20.3 Å². The van der Waals surface area contributed by atoms with E-state index in [2.05, 4.69) is 6.07 Å². The standard InChI is InChI=1S/C10H16N2O2/c1-14-8-5-10(13)12(7-2-6-11)9-3-4-9/h9H,2-5,7-8H2,1H3. The molecule has 1 saturated carbocycles. The molecule has 1 fully saturated rings. The molecule has 4 nitrogen and oxygen atoms in total. The normalized spacial score (nSPS) is 14.9. The monoisotopic (exact) mass is 196 g/mol. The lowest BCUT2D eigenvalue weighted by Crippen LogP contribution is -2.34. The van der Waals surface area contributed by atoms with Crippen LogP contribution in [-0.2, 0) is 9.53 Å². The van der Waals surface area contributed by atoms with Crippen LogP contribution in [0.1, 0.15) is 25.7 Å². The highest BCUT2D eigenvalue weighted by molar-refractivity contribution is 5.77. The maximum Gasteiger partial charge on any atom is 0.225 e. The lowest BCUT2D eigenvalue weighted by Gasteiger charge is -2.20. The molecule has 4 heteroatoms. The number of carbonyl (C=O) groups is 1. The van der Waals surface area contributed by atoms with E-state index in [0.717, 1.165) is 12.8 Å². The van der Waals surface area contributed by atoms with Gasteiger partial charge in [-0.3, -0.25) is 4.79 Å². The molecule has 0 heterocycles. The van der Waals surface area contributed by atoms with E-state index in [9.17, 15) is 4.79 Å². The number of methoxy groups -OCH3 is 1. The fourth-order valence-corrected chi connectivity index (χ4v) is 1.40. The molecule has 1 aliphatic carbocycles. The molecule has 0 aromatic rings. The maximum atomic E-state index is 11.6. The number of nitrogens with zero attached hydrogens (tertiary/aromatic N) is 2. The number of hydrogen-bond acceptors (Lipinski definition) is 3. The Balaban J connectivity index is 2.33. The summed E-state index contributed by atoms with van der Waals surface area (Å²) in [5.74, 6) is 0.115. The second-order valence-electron chi connectivity index (χ2n) is 3.47. The first kappa shape index (κ1) is 11.0. The van der Waals surface area contributed by atoms with Gasteiger partial charge in [0.15, 0.2) is 0 Å². The van der Waals surface area contributed by atoms with Gasteiger partial charge in [-0.25, -0.2) is 0 Å². The van der Waals surface area contributed by atoms with E-state index < -0.39 is 0 Å². The molecule has 0 aliphatic heterocycles. The number of ether oxygens (including phenoxy) is 1. The predicted molar refractivity (Wildman–Crippen MR) is 51.5 cm³/mol. The maximum absolute atomic E-state index is 11.6. The SMILES string of the molecule is COCCC(=O)N(CCC#N)C1CC1. The van der Waals surface area contributed by atoms with Crippen LogP contribution in [0.3, 0.4) is 0 Å². The van der Waals surface area contributed by atoms with Crippen molar-refractivity contribution >= 4 is 5.91 Å². The molecule has 0 atom stereocenters. The van der Waals surface area contributed by atoms with Crippen LogP contribution in [0.25, 0.3) is 0 Å². The van der Waals surface area contributed by atoms with Crippen molar-refractivity contribution < 1.29 is 9.53 Å². The van der Waals surface area contributed by atoms with Crippen LogP contribution in [0.2, 0.25) is 0 Å². The molecule has 0 spiro atoms. The largest absolute Gasteiger partial charge is 0.384 e. The Morgan fingerprint density at radius 2 is 2.36 bits per heavy atom. The Morgan fingerprint density at radius 3 is 2.86 bits per heavy atom. The van der Waals surface area contributed by atoms with E-state index in [4.69, 9.17) is 10.00 Å². The van der Waals surface area contributed by atoms with E-state index >= 15 is 0 Å². The summed E-state index contributed by atoms with van der Waals surface area (Å²) < 4.78 is 4.85. The van der Waals surface area contributed by atoms with E-state index in [-0.39, 0.29) is 5.91 Å². The quantitative estimate of drug-likeness (QED) is 0.635. The van der Waals surface area contributed by atoms with Gasteiger partial charge in [0.25, 0.3) is 0 Å². The second-order valence-corrected chi connectivity index (χ2v) is 3.47. The molecule has 0 aromatic heterocycles. The molecule has 14 heavy (non-hydrogen) atoms. The number of amides is 1. The van der Waals surface area contributed by atoms with Crippen LogP contribution < -0.4 is 0 Å². The molecule has 0 unspecified atom stereocenters. The Labute approximate surface area is 84.4 Å². The van der Waals surface area contributed by atoms with Gasteiger partial charge in [0, 0.05) is 19.7 Å². The van der Waals surface area contributed by atoms with Gasteiger partial charge < -0.3 is 9.64 Å². The van der Waals surface area contributed by atoms with Crippen molar-refractivity contribution in [2.45, 2.75) is 31.7 Å². The van der Waals surface area contributed by atoms with Crippen molar-refractivity contribution in [2.24, 2.45) is 0 Å². The Kier molecular flexibility index (Phi) is 4.41. The molecule has 0 N–H and O–H groups in total. The molecule has 1 rings (SSSR count). The Morgan fingerprint density at radius 1 is 1.64 bits per heavy atom. The smallest absolute Gasteiger partial charge is 0.225 e. The highest BCUT2D eigenvalue weighted by Crippen LogP contribution is 2.27. The third-order valence-electron chi connectivity index (χ3n) is 2.29. The van der Waals surface area contributed by atoms with Crippen LogP contribution >= 0.6 is 0 Å². The minimum Gasteiger partial charge on any atom is -0.384 e. The third-order valence-corrected chi connectivity index (χ3v) is 2.29. The first-order valence-corrected chi connectivity index (χ1v) is 4.95. The van der Waals surface area contributed by atoms with Crippen LogP contribution in [0.5, 0.6) is 0 Å². The zero-order valence-electron chi connectivity index (χ0n) is 8.53. The molecule has 0 aromatic carbocycles. The highest BCUT2D eigenvalue weighted by atomic mass is 16.5. The van der Waals surface area contributed by atoms with Gasteiger partial charge >= 0.3 is 0 Å². The van der Waals surface area contributed by atoms with E-state index in [0.29, 0.717) is 32.0 Å². The van der Waals surface area contributed by atoms with Gasteiger partial charge in [0.2, 0.25) is 5.91 Å². The van der Waals surface area contributed by atoms with Crippen molar-refractivity contribution in [3.05, 3.63) is 0 Å². The lowest BCUT2D eigenvalue weighted by atomic mass is 10.3. The van der Waals surface area contributed by atoms with Gasteiger partial charge in [0.1, 0.15) is 0 Å². The van der Waals surface area contributed by atoms with E-state index in [1.807, 2.05) is 4.90 Å². The van der Waals surface area contributed by atoms with Crippen molar-refractivity contribution in [1.82, 2.24) is 4.90 Å². The molecule has 0 radical (unpaired) electrons. The van der Waals surface area contributed by atoms with Gasteiger partial charge in [-0.05, 0) is 12.8 Å². The topological polar surface area (TPSA) is 53.3 Å². The molecular formula is C10H16N2O2. The fraction of sp³-hybridized carbons (Fsp3) is 0.800. The van der Waals surface area contributed by atoms with E-state index in [1.54, 1.807) is 7.11 Å². The molecule has 1 amide bonds. The Bertz CT molecular complexity index is 231. The first-order chi connectivity index (χ1) is 6.79. The van der Waals surface area contributed by atoms with E-state index in [1.165, 1.54) is 0 Å². The predicted octanol–water partition coefficient (Wildman–Crippen LogP) is 0.928. The molecule has 1 aliphatic rings. The number of carbonyl (C=O) groups excluding carboxylic acids is 1. The van der Waals surface area contributed by atoms with Gasteiger partial charge in [-0.15, -0.1) is 0 Å². The van der Waals surface area contributed by atoms with Crippen LogP contribution in [-0.4, -0.2) is 37.1 Å². The summed E-state index contributed by atoms with van der Waals surface area (Å²) in [6, 6.07) is 2.46. The minimum absolute atomic E-state index is 0.115. The highest BCUT2D eigenvalue weighted by Gasteiger charge is 2.31. The van der Waals surface area contributed by atoms with Crippen molar-refractivity contribution in [3.8, 4) is 6.07 Å². The zero-order chi connectivity index (χ0) is 10.4. The average Bonchev–Trinajstić information content (AvgIpc) is 2.99. The van der Waals surface area contributed by atoms with Crippen molar-refractivity contribution in [3.63, 3.8) is 0 Å². The first-order valence-electron chi connectivity index (χ1n) is 4.95. The summed E-state index contributed by atoms with van der Waals surface area (Å²) >= 11 is 0. The zero-order valence-corrected chi connectivity index (χ0v) is 8.53. The minimum atomic E-state index is 0.115. The summed E-state index contributed by atoms with van der Waals surface area (Å²) in [7, 11) is 1.59. The van der Waals surface area contributed by atoms with Crippen LogP contribution in [0.15, 0.2) is 0 Å². The summed E-state index contributed by atoms with van der Waals surface area (Å²) in [6.07, 6.45) is 3.03.